The fourth-order valence-electron chi connectivity index (χ4n) is 2.29. The Morgan fingerprint density at radius 2 is 2.56 bits per heavy atom. The third kappa shape index (κ3) is 2.83. The van der Waals surface area contributed by atoms with Gasteiger partial charge in [0.25, 0.3) is 0 Å². The van der Waals surface area contributed by atoms with E-state index in [1.54, 1.807) is 0 Å². The van der Waals surface area contributed by atoms with Crippen LogP contribution in [0.15, 0.2) is 12.4 Å². The molecular formula is C12H21N3O. The summed E-state index contributed by atoms with van der Waals surface area (Å²) in [4.78, 5) is 7.51. The van der Waals surface area contributed by atoms with E-state index < -0.39 is 0 Å². The highest BCUT2D eigenvalue weighted by Crippen LogP contribution is 2.19. The zero-order chi connectivity index (χ0) is 11.4. The van der Waals surface area contributed by atoms with E-state index in [1.807, 2.05) is 12.4 Å². The molecule has 1 aromatic heterocycles. The average Bonchev–Trinajstić information content (AvgIpc) is 2.79. The van der Waals surface area contributed by atoms with Crippen molar-refractivity contribution in [2.45, 2.75) is 51.3 Å². The molecule has 0 aromatic carbocycles. The van der Waals surface area contributed by atoms with Crippen LogP contribution in [0.4, 0.5) is 0 Å². The van der Waals surface area contributed by atoms with Crippen molar-refractivity contribution in [1.29, 1.82) is 0 Å². The molecule has 2 N–H and O–H groups in total. The number of hydrogen-bond acceptors (Lipinski definition) is 3. The number of rotatable bonds is 4. The van der Waals surface area contributed by atoms with E-state index in [1.165, 1.54) is 0 Å². The molecule has 0 bridgehead atoms. The minimum absolute atomic E-state index is 0.338. The molecular weight excluding hydrogens is 202 g/mol. The van der Waals surface area contributed by atoms with Crippen LogP contribution in [0.2, 0.25) is 0 Å². The highest BCUT2D eigenvalue weighted by molar-refractivity contribution is 4.96. The van der Waals surface area contributed by atoms with Crippen molar-refractivity contribution in [3.63, 3.8) is 0 Å². The second kappa shape index (κ2) is 5.46. The van der Waals surface area contributed by atoms with E-state index in [2.05, 4.69) is 29.1 Å². The van der Waals surface area contributed by atoms with Crippen molar-refractivity contribution in [3.05, 3.63) is 18.2 Å². The fourth-order valence-corrected chi connectivity index (χ4v) is 2.29. The van der Waals surface area contributed by atoms with Crippen molar-refractivity contribution >= 4 is 0 Å². The molecule has 3 atom stereocenters. The minimum Gasteiger partial charge on any atom is -0.378 e. The molecule has 0 saturated carbocycles. The van der Waals surface area contributed by atoms with Crippen molar-refractivity contribution in [2.75, 3.05) is 6.61 Å². The second-order valence-electron chi connectivity index (χ2n) is 4.50. The standard InChI is InChI=1S/C12H21N3O/c1-3-11(12-13-5-6-14-12)15-10-4-7-16-9(2)8-10/h5-6,9-11,15H,3-4,7-8H2,1-2H3,(H,13,14). The summed E-state index contributed by atoms with van der Waals surface area (Å²) in [6.45, 7) is 5.19. The Hall–Kier alpha value is -0.870. The van der Waals surface area contributed by atoms with Crippen LogP contribution in [0.25, 0.3) is 0 Å². The summed E-state index contributed by atoms with van der Waals surface area (Å²) in [7, 11) is 0. The van der Waals surface area contributed by atoms with Crippen LogP contribution in [0, 0.1) is 0 Å². The molecule has 2 heterocycles. The van der Waals surface area contributed by atoms with E-state index in [9.17, 15) is 0 Å². The number of nitrogens with zero attached hydrogens (tertiary/aromatic N) is 1. The summed E-state index contributed by atoms with van der Waals surface area (Å²) in [5.74, 6) is 1.04. The topological polar surface area (TPSA) is 49.9 Å². The molecule has 1 fully saturated rings. The van der Waals surface area contributed by atoms with Crippen LogP contribution >= 0.6 is 0 Å². The minimum atomic E-state index is 0.338. The van der Waals surface area contributed by atoms with Crippen molar-refractivity contribution in [2.24, 2.45) is 0 Å². The van der Waals surface area contributed by atoms with Crippen LogP contribution in [0.3, 0.4) is 0 Å². The van der Waals surface area contributed by atoms with Gasteiger partial charge < -0.3 is 15.0 Å². The Labute approximate surface area is 96.8 Å². The summed E-state index contributed by atoms with van der Waals surface area (Å²) >= 11 is 0. The van der Waals surface area contributed by atoms with E-state index in [4.69, 9.17) is 4.74 Å². The Morgan fingerprint density at radius 1 is 1.69 bits per heavy atom. The van der Waals surface area contributed by atoms with Gasteiger partial charge in [0, 0.05) is 25.0 Å². The second-order valence-corrected chi connectivity index (χ2v) is 4.50. The predicted octanol–water partition coefficient (Wildman–Crippen LogP) is 2.02. The Kier molecular flexibility index (Phi) is 3.96. The molecule has 0 spiro atoms. The van der Waals surface area contributed by atoms with E-state index >= 15 is 0 Å². The summed E-state index contributed by atoms with van der Waals surface area (Å²) in [5, 5.41) is 3.66. The first kappa shape index (κ1) is 11.6. The predicted molar refractivity (Wildman–Crippen MR) is 63.2 cm³/mol. The van der Waals surface area contributed by atoms with Gasteiger partial charge in [0.1, 0.15) is 5.82 Å². The van der Waals surface area contributed by atoms with Crippen LogP contribution in [-0.4, -0.2) is 28.7 Å². The normalized spacial score (nSPS) is 27.9. The largest absolute Gasteiger partial charge is 0.378 e. The lowest BCUT2D eigenvalue weighted by molar-refractivity contribution is 0.0109. The lowest BCUT2D eigenvalue weighted by Gasteiger charge is -2.30. The lowest BCUT2D eigenvalue weighted by Crippen LogP contribution is -2.40. The number of hydrogen-bond donors (Lipinski definition) is 2. The molecule has 90 valence electrons. The maximum Gasteiger partial charge on any atom is 0.123 e. The first-order valence-corrected chi connectivity index (χ1v) is 6.16. The molecule has 16 heavy (non-hydrogen) atoms. The van der Waals surface area contributed by atoms with Gasteiger partial charge in [-0.3, -0.25) is 0 Å². The van der Waals surface area contributed by atoms with Gasteiger partial charge in [0.2, 0.25) is 0 Å². The molecule has 1 saturated heterocycles. The SMILES string of the molecule is CCC(NC1CCOC(C)C1)c1ncc[nH]1. The van der Waals surface area contributed by atoms with Crippen LogP contribution in [0.1, 0.15) is 45.0 Å². The van der Waals surface area contributed by atoms with E-state index in [0.29, 0.717) is 18.2 Å². The smallest absolute Gasteiger partial charge is 0.123 e. The number of aromatic nitrogens is 2. The van der Waals surface area contributed by atoms with Gasteiger partial charge in [0.15, 0.2) is 0 Å². The van der Waals surface area contributed by atoms with Gasteiger partial charge in [0.05, 0.1) is 12.1 Å². The molecule has 4 nitrogen and oxygen atoms in total. The molecule has 0 amide bonds. The van der Waals surface area contributed by atoms with Gasteiger partial charge in [-0.25, -0.2) is 4.98 Å². The monoisotopic (exact) mass is 223 g/mol. The molecule has 0 aliphatic carbocycles. The number of H-pyrrole nitrogens is 1. The van der Waals surface area contributed by atoms with Gasteiger partial charge in [-0.15, -0.1) is 0 Å². The lowest BCUT2D eigenvalue weighted by atomic mass is 10.0. The van der Waals surface area contributed by atoms with Crippen molar-refractivity contribution < 1.29 is 4.74 Å². The third-order valence-electron chi connectivity index (χ3n) is 3.18. The number of imidazole rings is 1. The van der Waals surface area contributed by atoms with Crippen LogP contribution in [0.5, 0.6) is 0 Å². The maximum absolute atomic E-state index is 5.55. The quantitative estimate of drug-likeness (QED) is 0.821. The van der Waals surface area contributed by atoms with E-state index in [-0.39, 0.29) is 0 Å². The molecule has 3 unspecified atom stereocenters. The summed E-state index contributed by atoms with van der Waals surface area (Å²) in [5.41, 5.74) is 0. The molecule has 2 rings (SSSR count). The van der Waals surface area contributed by atoms with Crippen LogP contribution < -0.4 is 5.32 Å². The molecule has 1 aliphatic rings. The Balaban J connectivity index is 1.91. The Morgan fingerprint density at radius 3 is 3.19 bits per heavy atom. The van der Waals surface area contributed by atoms with E-state index in [0.717, 1.165) is 31.7 Å². The van der Waals surface area contributed by atoms with Crippen LogP contribution in [-0.2, 0) is 4.74 Å². The zero-order valence-corrected chi connectivity index (χ0v) is 10.1. The fraction of sp³-hybridized carbons (Fsp3) is 0.750. The first-order chi connectivity index (χ1) is 7.79. The molecule has 4 heteroatoms. The van der Waals surface area contributed by atoms with Crippen molar-refractivity contribution in [3.8, 4) is 0 Å². The Bertz CT molecular complexity index is 299. The van der Waals surface area contributed by atoms with Crippen molar-refractivity contribution in [1.82, 2.24) is 15.3 Å². The van der Waals surface area contributed by atoms with Gasteiger partial charge >= 0.3 is 0 Å². The van der Waals surface area contributed by atoms with Gasteiger partial charge in [-0.05, 0) is 26.2 Å². The zero-order valence-electron chi connectivity index (χ0n) is 10.1. The van der Waals surface area contributed by atoms with Gasteiger partial charge in [-0.1, -0.05) is 6.92 Å². The van der Waals surface area contributed by atoms with Gasteiger partial charge in [-0.2, -0.15) is 0 Å². The average molecular weight is 223 g/mol. The summed E-state index contributed by atoms with van der Waals surface area (Å²) in [6, 6.07) is 0.893. The molecule has 1 aromatic rings. The first-order valence-electron chi connectivity index (χ1n) is 6.16. The maximum atomic E-state index is 5.55. The highest BCUT2D eigenvalue weighted by Gasteiger charge is 2.22. The number of ether oxygens (including phenoxy) is 1. The highest BCUT2D eigenvalue weighted by atomic mass is 16.5. The molecule has 0 radical (unpaired) electrons. The molecule has 1 aliphatic heterocycles. The number of nitrogens with one attached hydrogen (secondary N) is 2. The third-order valence-corrected chi connectivity index (χ3v) is 3.18. The number of aromatic amines is 1. The summed E-state index contributed by atoms with van der Waals surface area (Å²) < 4.78 is 5.55. The summed E-state index contributed by atoms with van der Waals surface area (Å²) in [6.07, 6.45) is 7.32.